The van der Waals surface area contributed by atoms with Gasteiger partial charge in [-0.1, -0.05) is 24.6 Å². The van der Waals surface area contributed by atoms with E-state index in [4.69, 9.17) is 4.74 Å². The number of hydrogen-bond acceptors (Lipinski definition) is 7. The molecule has 0 aromatic heterocycles. The van der Waals surface area contributed by atoms with E-state index in [2.05, 4.69) is 6.58 Å². The molecule has 0 aromatic rings. The lowest BCUT2D eigenvalue weighted by molar-refractivity contribution is -0.132. The zero-order valence-corrected chi connectivity index (χ0v) is 19.4. The highest BCUT2D eigenvalue weighted by Crippen LogP contribution is 2.45. The zero-order valence-electron chi connectivity index (χ0n) is 19.4. The van der Waals surface area contributed by atoms with Crippen LogP contribution in [-0.4, -0.2) is 51.7 Å². The molecule has 0 amide bonds. The minimum Gasteiger partial charge on any atom is -0.432 e. The molecule has 7 heteroatoms. The molecule has 0 fully saturated rings. The lowest BCUT2D eigenvalue weighted by atomic mass is 9.66. The van der Waals surface area contributed by atoms with Crippen LogP contribution < -0.4 is 0 Å². The summed E-state index contributed by atoms with van der Waals surface area (Å²) in [5, 5.41) is 30.9. The van der Waals surface area contributed by atoms with Crippen molar-refractivity contribution >= 4 is 17.5 Å². The standard InChI is InChI=1S/C25H34O7/c1-15(2)11-23(30)32-10-8-20-19(12-17(5)27)24(31)18(14-26)13-22(29)25(20,6)9-7-21(28)16(3)4/h8,10-13,20-22,26,28-29H,3,7,9,14H2,1-2,4-6H3/b10-8+,19-12+/t20-,21-,22-,25+/m0/s1. The molecule has 3 N–H and O–H groups in total. The predicted octanol–water partition coefficient (Wildman–Crippen LogP) is 2.73. The van der Waals surface area contributed by atoms with Gasteiger partial charge in [0.05, 0.1) is 25.1 Å². The van der Waals surface area contributed by atoms with Crippen molar-refractivity contribution < 1.29 is 34.4 Å². The number of ether oxygens (including phenoxy) is 1. The van der Waals surface area contributed by atoms with Crippen molar-refractivity contribution in [3.63, 3.8) is 0 Å². The molecule has 0 saturated carbocycles. The average Bonchev–Trinajstić information content (AvgIpc) is 2.75. The number of aliphatic hydroxyl groups is 3. The summed E-state index contributed by atoms with van der Waals surface area (Å²) in [6.45, 7) is 11.3. The number of rotatable bonds is 9. The fraction of sp³-hybridized carbons (Fsp3) is 0.480. The molecular formula is C25H34O7. The summed E-state index contributed by atoms with van der Waals surface area (Å²) in [6, 6.07) is 0. The van der Waals surface area contributed by atoms with Crippen molar-refractivity contribution in [3.8, 4) is 0 Å². The van der Waals surface area contributed by atoms with Crippen LogP contribution >= 0.6 is 0 Å². The van der Waals surface area contributed by atoms with E-state index in [0.29, 0.717) is 5.57 Å². The van der Waals surface area contributed by atoms with Gasteiger partial charge in [-0.3, -0.25) is 9.59 Å². The summed E-state index contributed by atoms with van der Waals surface area (Å²) >= 11 is 0. The van der Waals surface area contributed by atoms with Crippen molar-refractivity contribution in [2.24, 2.45) is 11.3 Å². The Morgan fingerprint density at radius 3 is 2.41 bits per heavy atom. The Morgan fingerprint density at radius 2 is 1.91 bits per heavy atom. The van der Waals surface area contributed by atoms with Crippen molar-refractivity contribution in [3.05, 3.63) is 59.4 Å². The molecule has 1 aliphatic carbocycles. The number of hydrogen-bond donors (Lipinski definition) is 3. The maximum Gasteiger partial charge on any atom is 0.335 e. The number of allylic oxidation sites excluding steroid dienone is 4. The van der Waals surface area contributed by atoms with E-state index in [0.717, 1.165) is 11.8 Å². The second-order valence-corrected chi connectivity index (χ2v) is 8.71. The number of carbonyl (C=O) groups excluding carboxylic acids is 3. The van der Waals surface area contributed by atoms with E-state index < -0.39 is 41.9 Å². The Labute approximate surface area is 189 Å². The summed E-state index contributed by atoms with van der Waals surface area (Å²) in [6.07, 6.45) is 4.83. The molecular weight excluding hydrogens is 412 g/mol. The monoisotopic (exact) mass is 446 g/mol. The number of carbonyl (C=O) groups is 3. The van der Waals surface area contributed by atoms with Gasteiger partial charge in [0.1, 0.15) is 0 Å². The first-order valence-corrected chi connectivity index (χ1v) is 10.5. The average molecular weight is 447 g/mol. The van der Waals surface area contributed by atoms with Crippen LogP contribution in [-0.2, 0) is 19.1 Å². The topological polar surface area (TPSA) is 121 Å². The van der Waals surface area contributed by atoms with Crippen molar-refractivity contribution in [2.75, 3.05) is 6.61 Å². The highest BCUT2D eigenvalue weighted by Gasteiger charge is 2.45. The van der Waals surface area contributed by atoms with Gasteiger partial charge in [-0.15, -0.1) is 0 Å². The highest BCUT2D eigenvalue weighted by molar-refractivity contribution is 6.12. The molecule has 0 heterocycles. The molecule has 1 aliphatic rings. The molecule has 176 valence electrons. The molecule has 7 nitrogen and oxygen atoms in total. The quantitative estimate of drug-likeness (QED) is 0.215. The van der Waals surface area contributed by atoms with Gasteiger partial charge in [0, 0.05) is 28.6 Å². The predicted molar refractivity (Wildman–Crippen MR) is 121 cm³/mol. The smallest absolute Gasteiger partial charge is 0.335 e. The molecule has 4 atom stereocenters. The molecule has 32 heavy (non-hydrogen) atoms. The summed E-state index contributed by atoms with van der Waals surface area (Å²) in [4.78, 5) is 36.9. The summed E-state index contributed by atoms with van der Waals surface area (Å²) < 4.78 is 5.10. The first-order valence-electron chi connectivity index (χ1n) is 10.5. The third-order valence-electron chi connectivity index (χ3n) is 5.55. The van der Waals surface area contributed by atoms with E-state index in [1.54, 1.807) is 27.7 Å². The van der Waals surface area contributed by atoms with Crippen molar-refractivity contribution in [2.45, 2.75) is 59.7 Å². The molecule has 0 spiro atoms. The lowest BCUT2D eigenvalue weighted by Crippen LogP contribution is -2.39. The van der Waals surface area contributed by atoms with E-state index in [9.17, 15) is 29.7 Å². The van der Waals surface area contributed by atoms with Gasteiger partial charge in [0.15, 0.2) is 11.6 Å². The van der Waals surface area contributed by atoms with Crippen LogP contribution in [0.2, 0.25) is 0 Å². The van der Waals surface area contributed by atoms with Gasteiger partial charge in [0.25, 0.3) is 0 Å². The van der Waals surface area contributed by atoms with Crippen molar-refractivity contribution in [1.82, 2.24) is 0 Å². The van der Waals surface area contributed by atoms with Crippen LogP contribution in [0.5, 0.6) is 0 Å². The third kappa shape index (κ3) is 7.22. The number of Topliss-reactive ketones (excluding diaryl/α,β-unsaturated/α-hetero) is 1. The summed E-state index contributed by atoms with van der Waals surface area (Å²) in [5.74, 6) is -2.40. The molecule has 0 aromatic carbocycles. The third-order valence-corrected chi connectivity index (χ3v) is 5.55. The van der Waals surface area contributed by atoms with Crippen LogP contribution in [0.15, 0.2) is 59.4 Å². The Bertz CT molecular complexity index is 871. The Hall–Kier alpha value is -2.61. The number of ketones is 2. The summed E-state index contributed by atoms with van der Waals surface area (Å²) in [7, 11) is 0. The van der Waals surface area contributed by atoms with Gasteiger partial charge in [-0.05, 0) is 58.8 Å². The number of esters is 1. The van der Waals surface area contributed by atoms with Gasteiger partial charge >= 0.3 is 5.97 Å². The summed E-state index contributed by atoms with van der Waals surface area (Å²) in [5.41, 5.74) is 0.270. The Morgan fingerprint density at radius 1 is 1.28 bits per heavy atom. The SMILES string of the molecule is C=C(C)[C@@H](O)CC[C@@]1(C)[C@@H](O)C=C(CO)C(=O)/C(=C/C(C)=O)[C@@H]1/C=C/OC(=O)C=C(C)C. The first kappa shape index (κ1) is 27.4. The van der Waals surface area contributed by atoms with Gasteiger partial charge < -0.3 is 20.1 Å². The van der Waals surface area contributed by atoms with E-state index in [-0.39, 0.29) is 29.8 Å². The van der Waals surface area contributed by atoms with Crippen LogP contribution in [0.1, 0.15) is 47.5 Å². The van der Waals surface area contributed by atoms with Gasteiger partial charge in [-0.2, -0.15) is 0 Å². The lowest BCUT2D eigenvalue weighted by Gasteiger charge is -2.39. The Balaban J connectivity index is 3.54. The van der Waals surface area contributed by atoms with Gasteiger partial charge in [-0.25, -0.2) is 4.79 Å². The fourth-order valence-corrected chi connectivity index (χ4v) is 3.60. The second kappa shape index (κ2) is 11.9. The first-order chi connectivity index (χ1) is 14.8. The number of aliphatic hydroxyl groups excluding tert-OH is 3. The normalized spacial score (nSPS) is 25.8. The maximum absolute atomic E-state index is 13.1. The highest BCUT2D eigenvalue weighted by atomic mass is 16.5. The largest absolute Gasteiger partial charge is 0.432 e. The van der Waals surface area contributed by atoms with E-state index in [1.807, 2.05) is 0 Å². The van der Waals surface area contributed by atoms with Crippen LogP contribution in [0.25, 0.3) is 0 Å². The van der Waals surface area contributed by atoms with Crippen molar-refractivity contribution in [1.29, 1.82) is 0 Å². The van der Waals surface area contributed by atoms with Crippen LogP contribution in [0.4, 0.5) is 0 Å². The minimum absolute atomic E-state index is 0.0332. The maximum atomic E-state index is 13.1. The Kier molecular flexibility index (Phi) is 10.2. The molecule has 1 rings (SSSR count). The molecule has 0 radical (unpaired) electrons. The minimum atomic E-state index is -1.19. The molecule has 0 bridgehead atoms. The van der Waals surface area contributed by atoms with Crippen LogP contribution in [0, 0.1) is 11.3 Å². The van der Waals surface area contributed by atoms with E-state index >= 15 is 0 Å². The molecule has 0 saturated heterocycles. The van der Waals surface area contributed by atoms with Gasteiger partial charge in [0.2, 0.25) is 0 Å². The zero-order chi connectivity index (χ0) is 24.6. The fourth-order valence-electron chi connectivity index (χ4n) is 3.60. The molecule has 0 unspecified atom stereocenters. The van der Waals surface area contributed by atoms with Crippen LogP contribution in [0.3, 0.4) is 0 Å². The van der Waals surface area contributed by atoms with E-state index in [1.165, 1.54) is 31.2 Å². The second-order valence-electron chi connectivity index (χ2n) is 8.71. The molecule has 0 aliphatic heterocycles.